The molecule has 0 radical (unpaired) electrons. The summed E-state index contributed by atoms with van der Waals surface area (Å²) in [6.45, 7) is 3.84. The summed E-state index contributed by atoms with van der Waals surface area (Å²) in [7, 11) is 0. The van der Waals surface area contributed by atoms with Gasteiger partial charge in [-0.2, -0.15) is 0 Å². The van der Waals surface area contributed by atoms with Gasteiger partial charge >= 0.3 is 0 Å². The highest BCUT2D eigenvalue weighted by Crippen LogP contribution is 2.31. The molecular weight excluding hydrogens is 461 g/mol. The van der Waals surface area contributed by atoms with Crippen LogP contribution in [0.5, 0.6) is 0 Å². The molecular formula is C25H19Cl2N3O3. The summed E-state index contributed by atoms with van der Waals surface area (Å²) < 4.78 is 0. The van der Waals surface area contributed by atoms with Gasteiger partial charge in [-0.1, -0.05) is 47.5 Å². The van der Waals surface area contributed by atoms with E-state index in [1.807, 2.05) is 19.9 Å². The minimum absolute atomic E-state index is 0.0523. The van der Waals surface area contributed by atoms with E-state index in [0.29, 0.717) is 27.6 Å². The lowest BCUT2D eigenvalue weighted by molar-refractivity contribution is -0.120. The SMILES string of the molecule is Cc1ccc(N2C(=O)C(Cl)=C(Nc3cccc(C(=O)Nc4ccccc4Cl)c3)C2=O)cc1C. The van der Waals surface area contributed by atoms with Crippen molar-refractivity contribution in [3.05, 3.63) is 99.2 Å². The van der Waals surface area contributed by atoms with Gasteiger partial charge in [0.05, 0.1) is 16.4 Å². The molecule has 8 heteroatoms. The Labute approximate surface area is 200 Å². The average Bonchev–Trinajstić information content (AvgIpc) is 3.00. The Bertz CT molecular complexity index is 1330. The second-order valence-corrected chi connectivity index (χ2v) is 8.33. The zero-order valence-electron chi connectivity index (χ0n) is 17.8. The first-order valence-corrected chi connectivity index (χ1v) is 10.8. The van der Waals surface area contributed by atoms with Crippen LogP contribution in [-0.2, 0) is 9.59 Å². The smallest absolute Gasteiger partial charge is 0.283 e. The van der Waals surface area contributed by atoms with Crippen LogP contribution in [-0.4, -0.2) is 17.7 Å². The topological polar surface area (TPSA) is 78.5 Å². The molecule has 0 saturated heterocycles. The molecule has 1 aliphatic heterocycles. The highest BCUT2D eigenvalue weighted by molar-refractivity contribution is 6.53. The number of aryl methyl sites for hydroxylation is 2. The Morgan fingerprint density at radius 2 is 1.61 bits per heavy atom. The summed E-state index contributed by atoms with van der Waals surface area (Å²) in [4.78, 5) is 39.5. The van der Waals surface area contributed by atoms with Gasteiger partial charge in [0.1, 0.15) is 10.7 Å². The maximum Gasteiger partial charge on any atom is 0.283 e. The molecule has 3 amide bonds. The van der Waals surface area contributed by atoms with E-state index in [0.717, 1.165) is 16.0 Å². The second-order valence-electron chi connectivity index (χ2n) is 7.54. The Morgan fingerprint density at radius 3 is 2.33 bits per heavy atom. The average molecular weight is 480 g/mol. The molecule has 0 fully saturated rings. The predicted octanol–water partition coefficient (Wildman–Crippen LogP) is 5.64. The maximum atomic E-state index is 13.0. The lowest BCUT2D eigenvalue weighted by Gasteiger charge is -2.16. The van der Waals surface area contributed by atoms with E-state index in [9.17, 15) is 14.4 Å². The van der Waals surface area contributed by atoms with Crippen molar-refractivity contribution in [2.75, 3.05) is 15.5 Å². The number of hydrogen-bond acceptors (Lipinski definition) is 4. The van der Waals surface area contributed by atoms with Crippen molar-refractivity contribution < 1.29 is 14.4 Å². The second kappa shape index (κ2) is 9.10. The predicted molar refractivity (Wildman–Crippen MR) is 131 cm³/mol. The molecule has 0 aromatic heterocycles. The largest absolute Gasteiger partial charge is 0.350 e. The number of imide groups is 1. The van der Waals surface area contributed by atoms with Crippen LogP contribution in [0.15, 0.2) is 77.5 Å². The van der Waals surface area contributed by atoms with Crippen LogP contribution in [0.25, 0.3) is 0 Å². The molecule has 0 unspecified atom stereocenters. The number of nitrogens with one attached hydrogen (secondary N) is 2. The van der Waals surface area contributed by atoms with Crippen molar-refractivity contribution in [1.29, 1.82) is 0 Å². The summed E-state index contributed by atoms with van der Waals surface area (Å²) in [6, 6.07) is 18.7. The first-order valence-electron chi connectivity index (χ1n) is 10.0. The highest BCUT2D eigenvalue weighted by atomic mass is 35.5. The molecule has 0 bridgehead atoms. The van der Waals surface area contributed by atoms with Crippen LogP contribution in [0, 0.1) is 13.8 Å². The zero-order chi connectivity index (χ0) is 23.7. The normalized spacial score (nSPS) is 13.5. The number of amides is 3. The molecule has 0 saturated carbocycles. The molecule has 3 aromatic carbocycles. The number of para-hydroxylation sites is 1. The molecule has 1 aliphatic rings. The summed E-state index contributed by atoms with van der Waals surface area (Å²) in [6.07, 6.45) is 0. The minimum atomic E-state index is -0.611. The minimum Gasteiger partial charge on any atom is -0.350 e. The van der Waals surface area contributed by atoms with E-state index in [1.54, 1.807) is 60.7 Å². The van der Waals surface area contributed by atoms with E-state index in [4.69, 9.17) is 23.2 Å². The standard InChI is InChI=1S/C25H19Cl2N3O3/c1-14-10-11-18(12-15(14)2)30-24(32)21(27)22(25(30)33)28-17-7-5-6-16(13-17)23(31)29-20-9-4-3-8-19(20)26/h3-13,28H,1-2H3,(H,29,31). The molecule has 0 aliphatic carbocycles. The Balaban J connectivity index is 1.56. The number of benzene rings is 3. The third-order valence-electron chi connectivity index (χ3n) is 5.29. The van der Waals surface area contributed by atoms with Crippen molar-refractivity contribution >= 4 is 58.0 Å². The Morgan fingerprint density at radius 1 is 0.848 bits per heavy atom. The molecule has 0 atom stereocenters. The van der Waals surface area contributed by atoms with Crippen LogP contribution >= 0.6 is 23.2 Å². The fourth-order valence-corrected chi connectivity index (χ4v) is 3.75. The number of halogens is 2. The lowest BCUT2D eigenvalue weighted by Crippen LogP contribution is -2.32. The van der Waals surface area contributed by atoms with Crippen LogP contribution < -0.4 is 15.5 Å². The first kappa shape index (κ1) is 22.6. The van der Waals surface area contributed by atoms with Crippen LogP contribution in [0.4, 0.5) is 17.1 Å². The van der Waals surface area contributed by atoms with Gasteiger partial charge in [-0.3, -0.25) is 14.4 Å². The van der Waals surface area contributed by atoms with Crippen molar-refractivity contribution in [2.24, 2.45) is 0 Å². The molecule has 33 heavy (non-hydrogen) atoms. The quantitative estimate of drug-likeness (QED) is 0.463. The Hall–Kier alpha value is -3.61. The van der Waals surface area contributed by atoms with Crippen LogP contribution in [0.2, 0.25) is 5.02 Å². The van der Waals surface area contributed by atoms with Crippen LogP contribution in [0.3, 0.4) is 0 Å². The van der Waals surface area contributed by atoms with Crippen molar-refractivity contribution in [2.45, 2.75) is 13.8 Å². The first-order chi connectivity index (χ1) is 15.8. The molecule has 2 N–H and O–H groups in total. The van der Waals surface area contributed by atoms with Gasteiger partial charge in [0, 0.05) is 11.3 Å². The van der Waals surface area contributed by atoms with Gasteiger partial charge < -0.3 is 10.6 Å². The van der Waals surface area contributed by atoms with Crippen molar-refractivity contribution in [3.8, 4) is 0 Å². The van der Waals surface area contributed by atoms with E-state index < -0.39 is 11.8 Å². The lowest BCUT2D eigenvalue weighted by atomic mass is 10.1. The summed E-state index contributed by atoms with van der Waals surface area (Å²) in [5.74, 6) is -1.56. The van der Waals surface area contributed by atoms with Gasteiger partial charge in [0.15, 0.2) is 0 Å². The maximum absolute atomic E-state index is 13.0. The molecule has 3 aromatic rings. The monoisotopic (exact) mass is 479 g/mol. The van der Waals surface area contributed by atoms with Gasteiger partial charge in [-0.25, -0.2) is 4.90 Å². The molecule has 0 spiro atoms. The number of hydrogen-bond donors (Lipinski definition) is 2. The Kier molecular flexibility index (Phi) is 6.22. The van der Waals surface area contributed by atoms with Crippen LogP contribution in [0.1, 0.15) is 21.5 Å². The van der Waals surface area contributed by atoms with Gasteiger partial charge in [-0.15, -0.1) is 0 Å². The van der Waals surface area contributed by atoms with Crippen molar-refractivity contribution in [1.82, 2.24) is 0 Å². The van der Waals surface area contributed by atoms with Crippen molar-refractivity contribution in [3.63, 3.8) is 0 Å². The van der Waals surface area contributed by atoms with E-state index >= 15 is 0 Å². The van der Waals surface area contributed by atoms with Gasteiger partial charge in [-0.05, 0) is 67.4 Å². The zero-order valence-corrected chi connectivity index (χ0v) is 19.3. The number of carbonyl (C=O) groups excluding carboxylic acids is 3. The summed E-state index contributed by atoms with van der Waals surface area (Å²) >= 11 is 12.3. The summed E-state index contributed by atoms with van der Waals surface area (Å²) in [5, 5.41) is 5.84. The van der Waals surface area contributed by atoms with Gasteiger partial charge in [0.25, 0.3) is 17.7 Å². The summed E-state index contributed by atoms with van der Waals surface area (Å²) in [5.41, 5.74) is 3.62. The molecule has 1 heterocycles. The molecule has 4 rings (SSSR count). The number of nitrogens with zero attached hydrogens (tertiary/aromatic N) is 1. The fraction of sp³-hybridized carbons (Fsp3) is 0.0800. The number of carbonyl (C=O) groups is 3. The van der Waals surface area contributed by atoms with E-state index in [1.165, 1.54) is 0 Å². The number of rotatable bonds is 5. The van der Waals surface area contributed by atoms with Gasteiger partial charge in [0.2, 0.25) is 0 Å². The van der Waals surface area contributed by atoms with E-state index in [-0.39, 0.29) is 16.6 Å². The molecule has 166 valence electrons. The fourth-order valence-electron chi connectivity index (χ4n) is 3.35. The third kappa shape index (κ3) is 4.49. The highest BCUT2D eigenvalue weighted by Gasteiger charge is 2.39. The number of anilines is 3. The molecule has 6 nitrogen and oxygen atoms in total. The van der Waals surface area contributed by atoms with E-state index in [2.05, 4.69) is 10.6 Å². The third-order valence-corrected chi connectivity index (χ3v) is 5.97.